The molecule has 0 saturated carbocycles. The normalized spacial score (nSPS) is 11.8. The highest BCUT2D eigenvalue weighted by molar-refractivity contribution is 7.90. The van der Waals surface area contributed by atoms with Crippen LogP contribution in [0.2, 0.25) is 10.0 Å². The number of nitrogen functional groups attached to an aromatic ring is 1. The van der Waals surface area contributed by atoms with Gasteiger partial charge in [-0.15, -0.1) is 0 Å². The van der Waals surface area contributed by atoms with E-state index in [0.717, 1.165) is 0 Å². The third-order valence-corrected chi connectivity index (χ3v) is 4.15. The number of aryl methyl sites for hydroxylation is 1. The lowest BCUT2D eigenvalue weighted by Gasteiger charge is -2.03. The summed E-state index contributed by atoms with van der Waals surface area (Å²) < 4.78 is 23.8. The quantitative estimate of drug-likeness (QED) is 0.932. The van der Waals surface area contributed by atoms with Gasteiger partial charge in [-0.05, 0) is 18.2 Å². The zero-order valence-electron chi connectivity index (χ0n) is 10.7. The maximum Gasteiger partial charge on any atom is 0.149 e. The molecule has 0 bridgehead atoms. The zero-order chi connectivity index (χ0) is 14.9. The number of nitrogens with two attached hydrogens (primary N) is 1. The van der Waals surface area contributed by atoms with E-state index in [2.05, 4.69) is 5.10 Å². The molecule has 5 nitrogen and oxygen atoms in total. The fourth-order valence-electron chi connectivity index (χ4n) is 1.70. The van der Waals surface area contributed by atoms with Crippen LogP contribution in [0.5, 0.6) is 0 Å². The molecule has 0 fully saturated rings. The van der Waals surface area contributed by atoms with Crippen molar-refractivity contribution >= 4 is 38.7 Å². The molecule has 1 aromatic heterocycles. The minimum absolute atomic E-state index is 0.00314. The molecule has 0 saturated heterocycles. The topological polar surface area (TPSA) is 78.0 Å². The van der Waals surface area contributed by atoms with Crippen LogP contribution < -0.4 is 5.73 Å². The molecule has 0 spiro atoms. The van der Waals surface area contributed by atoms with Crippen LogP contribution in [0.15, 0.2) is 24.4 Å². The van der Waals surface area contributed by atoms with Crippen molar-refractivity contribution in [1.29, 1.82) is 0 Å². The highest BCUT2D eigenvalue weighted by atomic mass is 35.5. The monoisotopic (exact) mass is 333 g/mol. The molecule has 108 valence electrons. The summed E-state index contributed by atoms with van der Waals surface area (Å²) in [5.74, 6) is -0.00314. The molecule has 0 amide bonds. The Morgan fingerprint density at radius 1 is 1.35 bits per heavy atom. The molecule has 1 heterocycles. The Labute approximate surface area is 127 Å². The van der Waals surface area contributed by atoms with Gasteiger partial charge in [-0.25, -0.2) is 8.42 Å². The molecule has 2 rings (SSSR count). The van der Waals surface area contributed by atoms with E-state index in [1.165, 1.54) is 10.9 Å². The van der Waals surface area contributed by atoms with Crippen molar-refractivity contribution in [1.82, 2.24) is 9.78 Å². The lowest BCUT2D eigenvalue weighted by molar-refractivity contribution is 0.586. The molecule has 0 atom stereocenters. The first-order chi connectivity index (χ1) is 9.26. The van der Waals surface area contributed by atoms with Gasteiger partial charge in [0.15, 0.2) is 0 Å². The minimum atomic E-state index is -3.05. The molecule has 2 N–H and O–H groups in total. The van der Waals surface area contributed by atoms with E-state index in [1.54, 1.807) is 24.4 Å². The van der Waals surface area contributed by atoms with Crippen molar-refractivity contribution in [3.63, 3.8) is 0 Å². The molecule has 1 aromatic carbocycles. The van der Waals surface area contributed by atoms with Gasteiger partial charge in [-0.3, -0.25) is 4.68 Å². The number of anilines is 1. The maximum absolute atomic E-state index is 11.2. The first kappa shape index (κ1) is 15.2. The second kappa shape index (κ2) is 5.63. The molecular weight excluding hydrogens is 321 g/mol. The molecule has 0 aliphatic rings. The smallest absolute Gasteiger partial charge is 0.149 e. The third kappa shape index (κ3) is 3.65. The van der Waals surface area contributed by atoms with Crippen LogP contribution in [0.25, 0.3) is 11.3 Å². The standard InChI is InChI=1S/C12H13Cl2N3O2S/c1-20(18,19)5-4-17-7-11(15)12(16-17)9-6-8(13)2-3-10(9)14/h2-3,6-7H,4-5,15H2,1H3. The lowest BCUT2D eigenvalue weighted by atomic mass is 10.1. The summed E-state index contributed by atoms with van der Waals surface area (Å²) in [4.78, 5) is 0. The highest BCUT2D eigenvalue weighted by Crippen LogP contribution is 2.32. The molecule has 2 aromatic rings. The van der Waals surface area contributed by atoms with E-state index in [0.29, 0.717) is 27.0 Å². The predicted molar refractivity (Wildman–Crippen MR) is 81.8 cm³/mol. The van der Waals surface area contributed by atoms with Gasteiger partial charge in [0.25, 0.3) is 0 Å². The van der Waals surface area contributed by atoms with Crippen molar-refractivity contribution in [2.75, 3.05) is 17.7 Å². The predicted octanol–water partition coefficient (Wildman–Crippen LogP) is 2.48. The second-order valence-electron chi connectivity index (χ2n) is 4.45. The molecule has 8 heteroatoms. The summed E-state index contributed by atoms with van der Waals surface area (Å²) in [5, 5.41) is 5.27. The Bertz CT molecular complexity index is 741. The van der Waals surface area contributed by atoms with Crippen LogP contribution in [-0.4, -0.2) is 30.2 Å². The molecule has 0 unspecified atom stereocenters. The Kier molecular flexibility index (Phi) is 4.27. The van der Waals surface area contributed by atoms with Crippen molar-refractivity contribution in [2.45, 2.75) is 6.54 Å². The summed E-state index contributed by atoms with van der Waals surface area (Å²) in [7, 11) is -3.05. The zero-order valence-corrected chi connectivity index (χ0v) is 13.0. The Balaban J connectivity index is 2.34. The van der Waals surface area contributed by atoms with Gasteiger partial charge in [0.05, 0.1) is 23.0 Å². The summed E-state index contributed by atoms with van der Waals surface area (Å²) >= 11 is 12.0. The molecule has 20 heavy (non-hydrogen) atoms. The number of aromatic nitrogens is 2. The number of nitrogens with zero attached hydrogens (tertiary/aromatic N) is 2. The first-order valence-electron chi connectivity index (χ1n) is 5.72. The molecule has 0 aliphatic carbocycles. The number of benzene rings is 1. The van der Waals surface area contributed by atoms with E-state index < -0.39 is 9.84 Å². The number of rotatable bonds is 4. The van der Waals surface area contributed by atoms with Crippen molar-refractivity contribution in [2.24, 2.45) is 0 Å². The molecule has 0 aliphatic heterocycles. The fourth-order valence-corrected chi connectivity index (χ4v) is 2.60. The van der Waals surface area contributed by atoms with Gasteiger partial charge in [-0.2, -0.15) is 5.10 Å². The van der Waals surface area contributed by atoms with E-state index >= 15 is 0 Å². The summed E-state index contributed by atoms with van der Waals surface area (Å²) in [6.07, 6.45) is 2.76. The lowest BCUT2D eigenvalue weighted by Crippen LogP contribution is -2.11. The molecular formula is C12H13Cl2N3O2S. The first-order valence-corrected chi connectivity index (χ1v) is 8.54. The second-order valence-corrected chi connectivity index (χ2v) is 7.55. The van der Waals surface area contributed by atoms with Crippen LogP contribution in [0.4, 0.5) is 5.69 Å². The number of halogens is 2. The maximum atomic E-state index is 11.2. The van der Waals surface area contributed by atoms with Gasteiger partial charge < -0.3 is 5.73 Å². The average molecular weight is 334 g/mol. The Hall–Kier alpha value is -1.24. The third-order valence-electron chi connectivity index (χ3n) is 2.66. The fraction of sp³-hybridized carbons (Fsp3) is 0.250. The SMILES string of the molecule is CS(=O)(=O)CCn1cc(N)c(-c2cc(Cl)ccc2Cl)n1. The Morgan fingerprint density at radius 3 is 2.70 bits per heavy atom. The van der Waals surface area contributed by atoms with Gasteiger partial charge in [-0.1, -0.05) is 23.2 Å². The van der Waals surface area contributed by atoms with Crippen molar-refractivity contribution in [3.05, 3.63) is 34.4 Å². The van der Waals surface area contributed by atoms with Gasteiger partial charge in [0.2, 0.25) is 0 Å². The van der Waals surface area contributed by atoms with Gasteiger partial charge in [0, 0.05) is 23.0 Å². The van der Waals surface area contributed by atoms with E-state index in [9.17, 15) is 8.42 Å². The number of sulfone groups is 1. The largest absolute Gasteiger partial charge is 0.396 e. The van der Waals surface area contributed by atoms with Gasteiger partial charge >= 0.3 is 0 Å². The summed E-state index contributed by atoms with van der Waals surface area (Å²) in [5.41, 5.74) is 7.43. The highest BCUT2D eigenvalue weighted by Gasteiger charge is 2.13. The van der Waals surface area contributed by atoms with E-state index in [4.69, 9.17) is 28.9 Å². The van der Waals surface area contributed by atoms with Crippen LogP contribution >= 0.6 is 23.2 Å². The molecule has 0 radical (unpaired) electrons. The number of hydrogen-bond acceptors (Lipinski definition) is 4. The van der Waals surface area contributed by atoms with Crippen LogP contribution in [0.1, 0.15) is 0 Å². The van der Waals surface area contributed by atoms with E-state index in [-0.39, 0.29) is 12.3 Å². The van der Waals surface area contributed by atoms with Crippen molar-refractivity contribution in [3.8, 4) is 11.3 Å². The summed E-state index contributed by atoms with van der Waals surface area (Å²) in [6.45, 7) is 0.237. The van der Waals surface area contributed by atoms with Crippen LogP contribution in [0.3, 0.4) is 0 Å². The summed E-state index contributed by atoms with van der Waals surface area (Å²) in [6, 6.07) is 5.00. The minimum Gasteiger partial charge on any atom is -0.396 e. The van der Waals surface area contributed by atoms with Crippen molar-refractivity contribution < 1.29 is 8.42 Å². The van der Waals surface area contributed by atoms with Crippen LogP contribution in [0, 0.1) is 0 Å². The van der Waals surface area contributed by atoms with E-state index in [1.807, 2.05) is 0 Å². The number of hydrogen-bond donors (Lipinski definition) is 1. The van der Waals surface area contributed by atoms with Crippen LogP contribution in [-0.2, 0) is 16.4 Å². The van der Waals surface area contributed by atoms with Gasteiger partial charge in [0.1, 0.15) is 15.5 Å². The average Bonchev–Trinajstić information content (AvgIpc) is 2.70. The Morgan fingerprint density at radius 2 is 2.05 bits per heavy atom.